The second kappa shape index (κ2) is 8.05. The minimum Gasteiger partial charge on any atom is -0.389 e. The fraction of sp³-hybridized carbons (Fsp3) is 0.467. The van der Waals surface area contributed by atoms with E-state index in [1.54, 1.807) is 12.1 Å². The average Bonchev–Trinajstić information content (AvgIpc) is 2.38. The molecule has 0 fully saturated rings. The van der Waals surface area contributed by atoms with Gasteiger partial charge in [-0.1, -0.05) is 31.3 Å². The van der Waals surface area contributed by atoms with Gasteiger partial charge in [0.25, 0.3) is 0 Å². The topological polar surface area (TPSA) is 58.4 Å². The molecule has 116 valence electrons. The van der Waals surface area contributed by atoms with E-state index >= 15 is 0 Å². The van der Waals surface area contributed by atoms with Crippen molar-refractivity contribution in [2.24, 2.45) is 5.73 Å². The quantitative estimate of drug-likeness (QED) is 0.754. The third kappa shape index (κ3) is 5.77. The van der Waals surface area contributed by atoms with E-state index in [0.717, 1.165) is 0 Å². The van der Waals surface area contributed by atoms with Crippen LogP contribution in [0, 0.1) is 5.82 Å². The Morgan fingerprint density at radius 3 is 2.62 bits per heavy atom. The van der Waals surface area contributed by atoms with Gasteiger partial charge in [0.15, 0.2) is 0 Å². The fourth-order valence-electron chi connectivity index (χ4n) is 1.92. The van der Waals surface area contributed by atoms with Gasteiger partial charge in [-0.25, -0.2) is 4.39 Å². The van der Waals surface area contributed by atoms with Crippen LogP contribution in [-0.2, 0) is 11.3 Å². The fourth-order valence-corrected chi connectivity index (χ4v) is 2.05. The minimum absolute atomic E-state index is 0.0629. The molecule has 3 N–H and O–H groups in total. The summed E-state index contributed by atoms with van der Waals surface area (Å²) >= 11 is 4.82. The third-order valence-electron chi connectivity index (χ3n) is 3.00. The van der Waals surface area contributed by atoms with E-state index in [4.69, 9.17) is 18.0 Å². The second-order valence-corrected chi connectivity index (χ2v) is 5.64. The van der Waals surface area contributed by atoms with Gasteiger partial charge in [0, 0.05) is 23.7 Å². The lowest BCUT2D eigenvalue weighted by Crippen LogP contribution is -2.39. The zero-order valence-corrected chi connectivity index (χ0v) is 13.5. The summed E-state index contributed by atoms with van der Waals surface area (Å²) in [6, 6.07) is 4.78. The molecule has 0 unspecified atom stereocenters. The molecule has 0 saturated heterocycles. The highest BCUT2D eigenvalue weighted by molar-refractivity contribution is 7.80. The van der Waals surface area contributed by atoms with Crippen LogP contribution in [0.15, 0.2) is 18.2 Å². The highest BCUT2D eigenvalue weighted by atomic mass is 32.1. The Morgan fingerprint density at radius 1 is 1.48 bits per heavy atom. The number of nitrogens with two attached hydrogens (primary N) is 1. The van der Waals surface area contributed by atoms with Crippen molar-refractivity contribution in [3.8, 4) is 0 Å². The molecular formula is C15H22FN3OS. The number of nitrogens with zero attached hydrogens (tertiary/aromatic N) is 1. The summed E-state index contributed by atoms with van der Waals surface area (Å²) in [5.41, 5.74) is 6.50. The van der Waals surface area contributed by atoms with Crippen molar-refractivity contribution in [2.75, 3.05) is 13.1 Å². The number of carbonyl (C=O) groups excluding carboxylic acids is 1. The number of halogens is 1. The molecule has 0 aromatic heterocycles. The van der Waals surface area contributed by atoms with Gasteiger partial charge in [-0.3, -0.25) is 9.69 Å². The number of carbonyl (C=O) groups is 1. The van der Waals surface area contributed by atoms with Crippen molar-refractivity contribution in [3.05, 3.63) is 35.1 Å². The first-order chi connectivity index (χ1) is 9.83. The highest BCUT2D eigenvalue weighted by Crippen LogP contribution is 2.13. The predicted octanol–water partition coefficient (Wildman–Crippen LogP) is 1.81. The van der Waals surface area contributed by atoms with E-state index in [9.17, 15) is 9.18 Å². The first kappa shape index (κ1) is 17.5. The molecule has 1 rings (SSSR count). The molecule has 0 heterocycles. The third-order valence-corrected chi connectivity index (χ3v) is 3.23. The van der Waals surface area contributed by atoms with Crippen LogP contribution in [0.1, 0.15) is 31.9 Å². The molecule has 0 aliphatic heterocycles. The van der Waals surface area contributed by atoms with Crippen LogP contribution < -0.4 is 11.1 Å². The summed E-state index contributed by atoms with van der Waals surface area (Å²) < 4.78 is 14.0. The van der Waals surface area contributed by atoms with E-state index in [2.05, 4.69) is 5.32 Å². The summed E-state index contributed by atoms with van der Waals surface area (Å²) in [7, 11) is 0. The van der Waals surface area contributed by atoms with Crippen LogP contribution in [-0.4, -0.2) is 34.9 Å². The van der Waals surface area contributed by atoms with E-state index in [1.165, 1.54) is 6.07 Å². The molecule has 1 amide bonds. The number of benzene rings is 1. The summed E-state index contributed by atoms with van der Waals surface area (Å²) in [4.78, 5) is 13.8. The van der Waals surface area contributed by atoms with Gasteiger partial charge >= 0.3 is 0 Å². The number of rotatable bonds is 7. The lowest BCUT2D eigenvalue weighted by molar-refractivity contribution is -0.122. The van der Waals surface area contributed by atoms with Crippen molar-refractivity contribution in [1.82, 2.24) is 10.2 Å². The van der Waals surface area contributed by atoms with Crippen molar-refractivity contribution < 1.29 is 9.18 Å². The number of hydrogen-bond acceptors (Lipinski definition) is 3. The van der Waals surface area contributed by atoms with Gasteiger partial charge in [0.05, 0.1) is 6.54 Å². The molecule has 1 aromatic carbocycles. The SMILES string of the molecule is CCN(CC(=O)NC(C)C)Cc1ccc(C(N)=S)cc1F. The second-order valence-electron chi connectivity index (χ2n) is 5.20. The average molecular weight is 311 g/mol. The lowest BCUT2D eigenvalue weighted by atomic mass is 10.1. The predicted molar refractivity (Wildman–Crippen MR) is 86.5 cm³/mol. The Labute approximate surface area is 130 Å². The first-order valence-electron chi connectivity index (χ1n) is 6.93. The van der Waals surface area contributed by atoms with Gasteiger partial charge < -0.3 is 11.1 Å². The zero-order valence-electron chi connectivity index (χ0n) is 12.6. The molecule has 1 aromatic rings. The van der Waals surface area contributed by atoms with Crippen LogP contribution in [0.5, 0.6) is 0 Å². The first-order valence-corrected chi connectivity index (χ1v) is 7.34. The number of hydrogen-bond donors (Lipinski definition) is 2. The minimum atomic E-state index is -0.358. The summed E-state index contributed by atoms with van der Waals surface area (Å²) in [5, 5.41) is 2.82. The molecule has 21 heavy (non-hydrogen) atoms. The van der Waals surface area contributed by atoms with Crippen LogP contribution in [0.3, 0.4) is 0 Å². The molecule has 0 aliphatic carbocycles. The largest absolute Gasteiger partial charge is 0.389 e. The molecule has 0 spiro atoms. The van der Waals surface area contributed by atoms with Crippen LogP contribution in [0.25, 0.3) is 0 Å². The van der Waals surface area contributed by atoms with Crippen molar-refractivity contribution in [3.63, 3.8) is 0 Å². The van der Waals surface area contributed by atoms with Crippen molar-refractivity contribution in [1.29, 1.82) is 0 Å². The van der Waals surface area contributed by atoms with Gasteiger partial charge in [-0.2, -0.15) is 0 Å². The maximum atomic E-state index is 14.0. The Hall–Kier alpha value is -1.53. The van der Waals surface area contributed by atoms with Gasteiger partial charge in [0.1, 0.15) is 10.8 Å². The van der Waals surface area contributed by atoms with E-state index < -0.39 is 0 Å². The molecule has 0 bridgehead atoms. The maximum Gasteiger partial charge on any atom is 0.234 e. The van der Waals surface area contributed by atoms with Crippen molar-refractivity contribution in [2.45, 2.75) is 33.4 Å². The van der Waals surface area contributed by atoms with Crippen LogP contribution >= 0.6 is 12.2 Å². The zero-order chi connectivity index (χ0) is 16.0. The molecule has 6 heteroatoms. The highest BCUT2D eigenvalue weighted by Gasteiger charge is 2.13. The normalized spacial score (nSPS) is 11.0. The Bertz CT molecular complexity index is 520. The smallest absolute Gasteiger partial charge is 0.234 e. The Morgan fingerprint density at radius 2 is 2.14 bits per heavy atom. The molecule has 0 aliphatic rings. The standard InChI is InChI=1S/C15H22FN3OS/c1-4-19(9-14(20)18-10(2)3)8-12-6-5-11(15(17)21)7-13(12)16/h5-7,10H,4,8-9H2,1-3H3,(H2,17,21)(H,18,20). The summed E-state index contributed by atoms with van der Waals surface area (Å²) in [6.45, 7) is 7.01. The Kier molecular flexibility index (Phi) is 6.71. The molecule has 0 radical (unpaired) electrons. The molecule has 0 saturated carbocycles. The number of likely N-dealkylation sites (N-methyl/N-ethyl adjacent to an activating group) is 1. The molecular weight excluding hydrogens is 289 g/mol. The number of amides is 1. The van der Waals surface area contributed by atoms with Gasteiger partial charge in [-0.05, 0) is 26.5 Å². The molecule has 0 atom stereocenters. The number of nitrogens with one attached hydrogen (secondary N) is 1. The summed E-state index contributed by atoms with van der Waals surface area (Å²) in [6.07, 6.45) is 0. The Balaban J connectivity index is 2.73. The summed E-state index contributed by atoms with van der Waals surface area (Å²) in [5.74, 6) is -0.421. The van der Waals surface area contributed by atoms with E-state index in [0.29, 0.717) is 24.2 Å². The van der Waals surface area contributed by atoms with E-state index in [1.807, 2.05) is 25.7 Å². The monoisotopic (exact) mass is 311 g/mol. The van der Waals surface area contributed by atoms with Gasteiger partial charge in [0.2, 0.25) is 5.91 Å². The molecule has 4 nitrogen and oxygen atoms in total. The van der Waals surface area contributed by atoms with E-state index in [-0.39, 0.29) is 29.3 Å². The van der Waals surface area contributed by atoms with Gasteiger partial charge in [-0.15, -0.1) is 0 Å². The van der Waals surface area contributed by atoms with Crippen LogP contribution in [0.4, 0.5) is 4.39 Å². The number of thiocarbonyl (C=S) groups is 1. The van der Waals surface area contributed by atoms with Crippen LogP contribution in [0.2, 0.25) is 0 Å². The van der Waals surface area contributed by atoms with Crippen molar-refractivity contribution >= 4 is 23.1 Å². The maximum absolute atomic E-state index is 14.0. The lowest BCUT2D eigenvalue weighted by Gasteiger charge is -2.21.